The summed E-state index contributed by atoms with van der Waals surface area (Å²) in [5, 5.41) is 0. The van der Waals surface area contributed by atoms with Crippen LogP contribution in [-0.4, -0.2) is 42.5 Å². The minimum atomic E-state index is -0.343. The summed E-state index contributed by atoms with van der Waals surface area (Å²) >= 11 is 0. The Morgan fingerprint density at radius 1 is 0.281 bits per heavy atom. The standard InChI is InChI=1S/C86H82B2N6O2/c1-81(2,3)51-27-19-47(20-28-51)61-37-39-65-71(89-61)73-75-59(45-63(91-73)49-23-31-53(32-24-49)83(7,8)9)87-57-43-55(85(13,14)15)35-41-67(57)96-80-69(87)77(93(65)75)79-70-78(80)94-66-40-38-62(48-21-29-52(30-22-48)82(4,5)6)90-72(66)74-76(94)60(46-64(92-74)50-25-33-54(34-26-50)84(10,11)12)88(70)58-44-56(86(16,17)18)36-42-68(58)95-79/h19-46H,1-18H3. The predicted molar refractivity (Wildman–Crippen MR) is 403 cm³/mol. The molecule has 96 heavy (non-hydrogen) atoms. The van der Waals surface area contributed by atoms with Crippen molar-refractivity contribution in [2.75, 3.05) is 0 Å². The Morgan fingerprint density at radius 2 is 0.562 bits per heavy atom. The summed E-state index contributed by atoms with van der Waals surface area (Å²) in [6.45, 7) is 40.4. The second kappa shape index (κ2) is 20.0. The minimum absolute atomic E-state index is 0.00131. The molecule has 0 saturated heterocycles. The Hall–Kier alpha value is -9.53. The largest absolute Gasteiger partial charge is 0.456 e. The third-order valence-electron chi connectivity index (χ3n) is 21.2. The molecular weight excluding hydrogens is 1170 g/mol. The van der Waals surface area contributed by atoms with E-state index in [1.54, 1.807) is 0 Å². The van der Waals surface area contributed by atoms with Gasteiger partial charge in [-0.25, -0.2) is 19.9 Å². The molecule has 0 bridgehead atoms. The average Bonchev–Trinajstić information content (AvgIpc) is 1.36. The molecule has 17 rings (SSSR count). The fraction of sp³-hybridized carbons (Fsp3) is 0.279. The van der Waals surface area contributed by atoms with Gasteiger partial charge in [0.25, 0.3) is 13.4 Å². The van der Waals surface area contributed by atoms with E-state index in [4.69, 9.17) is 29.4 Å². The number of aromatic nitrogens is 6. The number of hydrogen-bond acceptors (Lipinski definition) is 6. The van der Waals surface area contributed by atoms with Crippen LogP contribution >= 0.6 is 0 Å². The van der Waals surface area contributed by atoms with E-state index in [9.17, 15) is 0 Å². The van der Waals surface area contributed by atoms with Gasteiger partial charge < -0.3 is 18.6 Å². The third-order valence-corrected chi connectivity index (χ3v) is 21.2. The average molecular weight is 1250 g/mol. The SMILES string of the molecule is CC(C)(C)c1ccc(-c2ccc3c(n2)c2nc(-c4ccc(C(C)(C)C)cc4)cc4c2n3-c2c3c5c(c6c2B4c2cc(C(C)(C)C)ccc2O6)-n2c4ccc(-c6ccc(C(C)(C)C)cc6)nc4c4nc(-c6ccc(C(C)(C)C)cc6)cc(c42)B5c2cc(C(C)(C)C)ccc2O3)cc1. The van der Waals surface area contributed by atoms with Crippen LogP contribution < -0.4 is 42.3 Å². The first kappa shape index (κ1) is 60.2. The normalized spacial score (nSPS) is 14.1. The van der Waals surface area contributed by atoms with Crippen molar-refractivity contribution < 1.29 is 9.47 Å². The van der Waals surface area contributed by atoms with E-state index >= 15 is 0 Å². The first-order valence-corrected chi connectivity index (χ1v) is 34.4. The second-order valence-corrected chi connectivity index (χ2v) is 34.0. The maximum absolute atomic E-state index is 7.96. The lowest BCUT2D eigenvalue weighted by Crippen LogP contribution is -2.63. The molecular formula is C86H82B2N6O2. The summed E-state index contributed by atoms with van der Waals surface area (Å²) in [4.78, 5) is 23.3. The van der Waals surface area contributed by atoms with Crippen molar-refractivity contribution in [3.63, 3.8) is 0 Å². The molecule has 0 amide bonds. The Balaban J connectivity index is 1.03. The summed E-state index contributed by atoms with van der Waals surface area (Å²) in [6, 6.07) is 63.6. The van der Waals surface area contributed by atoms with Crippen LogP contribution in [0.2, 0.25) is 0 Å². The molecule has 0 radical (unpaired) electrons. The van der Waals surface area contributed by atoms with Gasteiger partial charge in [0.1, 0.15) is 45.1 Å². The quantitative estimate of drug-likeness (QED) is 0.163. The Bertz CT molecular complexity index is 5160. The molecule has 0 atom stereocenters. The Kier molecular flexibility index (Phi) is 12.6. The zero-order valence-electron chi connectivity index (χ0n) is 58.8. The highest BCUT2D eigenvalue weighted by molar-refractivity contribution is 7.02. The zero-order valence-corrected chi connectivity index (χ0v) is 58.8. The van der Waals surface area contributed by atoms with Crippen molar-refractivity contribution >= 4 is 90.3 Å². The zero-order chi connectivity index (χ0) is 67.0. The van der Waals surface area contributed by atoms with E-state index < -0.39 is 0 Å². The fourth-order valence-corrected chi connectivity index (χ4v) is 15.6. The van der Waals surface area contributed by atoms with Crippen LogP contribution in [0.15, 0.2) is 170 Å². The molecule has 0 aliphatic carbocycles. The molecule has 8 nitrogen and oxygen atoms in total. The van der Waals surface area contributed by atoms with E-state index in [1.807, 2.05) is 0 Å². The summed E-state index contributed by atoms with van der Waals surface area (Å²) in [6.07, 6.45) is 0. The molecule has 13 aromatic rings. The van der Waals surface area contributed by atoms with Gasteiger partial charge in [0, 0.05) is 33.2 Å². The number of pyridine rings is 4. The molecule has 4 aliphatic rings. The van der Waals surface area contributed by atoms with Gasteiger partial charge in [-0.1, -0.05) is 246 Å². The highest BCUT2D eigenvalue weighted by atomic mass is 16.5. The Labute approximate surface area is 565 Å². The minimum Gasteiger partial charge on any atom is -0.456 e. The van der Waals surface area contributed by atoms with E-state index in [-0.39, 0.29) is 45.9 Å². The topological polar surface area (TPSA) is 79.9 Å². The molecule has 7 aromatic carbocycles. The molecule has 0 unspecified atom stereocenters. The smallest absolute Gasteiger partial charge is 0.256 e. The maximum atomic E-state index is 7.96. The number of benzene rings is 7. The van der Waals surface area contributed by atoms with E-state index in [0.29, 0.717) is 0 Å². The fourth-order valence-electron chi connectivity index (χ4n) is 15.6. The van der Waals surface area contributed by atoms with Crippen LogP contribution in [0.4, 0.5) is 0 Å². The number of ether oxygens (including phenoxy) is 2. The van der Waals surface area contributed by atoms with Crippen LogP contribution in [-0.2, 0) is 32.5 Å². The molecule has 0 saturated carbocycles. The van der Waals surface area contributed by atoms with E-state index in [1.165, 1.54) is 33.4 Å². The van der Waals surface area contributed by atoms with Gasteiger partial charge in [-0.3, -0.25) is 0 Å². The van der Waals surface area contributed by atoms with Gasteiger partial charge in [-0.15, -0.1) is 0 Å². The molecule has 0 spiro atoms. The van der Waals surface area contributed by atoms with E-state index in [0.717, 1.165) is 156 Å². The summed E-state index contributed by atoms with van der Waals surface area (Å²) in [5.41, 5.74) is 30.6. The summed E-state index contributed by atoms with van der Waals surface area (Å²) in [5.74, 6) is 3.22. The van der Waals surface area contributed by atoms with Crippen LogP contribution in [0, 0.1) is 0 Å². The number of fused-ring (bicyclic) bond motifs is 16. The molecule has 4 aliphatic heterocycles. The van der Waals surface area contributed by atoms with Crippen molar-refractivity contribution in [2.45, 2.75) is 157 Å². The second-order valence-electron chi connectivity index (χ2n) is 34.0. The Morgan fingerprint density at radius 3 is 0.865 bits per heavy atom. The summed E-state index contributed by atoms with van der Waals surface area (Å²) in [7, 11) is 0. The predicted octanol–water partition coefficient (Wildman–Crippen LogP) is 17.8. The molecule has 0 fully saturated rings. The van der Waals surface area contributed by atoms with Crippen molar-refractivity contribution in [1.82, 2.24) is 29.1 Å². The summed E-state index contributed by atoms with van der Waals surface area (Å²) < 4.78 is 20.9. The lowest BCUT2D eigenvalue weighted by Gasteiger charge is -2.41. The molecule has 10 heteroatoms. The van der Waals surface area contributed by atoms with Crippen molar-refractivity contribution in [1.29, 1.82) is 0 Å². The monoisotopic (exact) mass is 1250 g/mol. The highest BCUT2D eigenvalue weighted by Crippen LogP contribution is 2.50. The van der Waals surface area contributed by atoms with E-state index in [2.05, 4.69) is 304 Å². The van der Waals surface area contributed by atoms with Gasteiger partial charge in [0.15, 0.2) is 0 Å². The highest BCUT2D eigenvalue weighted by Gasteiger charge is 2.52. The van der Waals surface area contributed by atoms with Crippen LogP contribution in [0.3, 0.4) is 0 Å². The molecule has 474 valence electrons. The maximum Gasteiger partial charge on any atom is 0.256 e. The molecule has 10 heterocycles. The molecule has 0 N–H and O–H groups in total. The van der Waals surface area contributed by atoms with Gasteiger partial charge in [-0.2, -0.15) is 0 Å². The van der Waals surface area contributed by atoms with Crippen LogP contribution in [0.5, 0.6) is 23.0 Å². The first-order chi connectivity index (χ1) is 45.4. The van der Waals surface area contributed by atoms with Crippen molar-refractivity contribution in [2.24, 2.45) is 0 Å². The lowest BCUT2D eigenvalue weighted by molar-refractivity contribution is 0.471. The number of rotatable bonds is 4. The van der Waals surface area contributed by atoms with Crippen molar-refractivity contribution in [3.8, 4) is 79.4 Å². The van der Waals surface area contributed by atoms with Gasteiger partial charge in [0.05, 0.1) is 56.2 Å². The third kappa shape index (κ3) is 9.09. The van der Waals surface area contributed by atoms with Crippen LogP contribution in [0.25, 0.3) is 101 Å². The first-order valence-electron chi connectivity index (χ1n) is 34.4. The van der Waals surface area contributed by atoms with Crippen LogP contribution in [0.1, 0.15) is 158 Å². The van der Waals surface area contributed by atoms with Gasteiger partial charge in [0.2, 0.25) is 0 Å². The number of nitrogens with zero attached hydrogens (tertiary/aromatic N) is 6. The lowest BCUT2D eigenvalue weighted by atomic mass is 9.31. The van der Waals surface area contributed by atoms with Gasteiger partial charge >= 0.3 is 0 Å². The number of hydrogen-bond donors (Lipinski definition) is 0. The van der Waals surface area contributed by atoms with Gasteiger partial charge in [-0.05, 0) is 136 Å². The molecule has 6 aromatic heterocycles. The van der Waals surface area contributed by atoms with Crippen molar-refractivity contribution in [3.05, 3.63) is 203 Å².